The van der Waals surface area contributed by atoms with E-state index in [1.165, 1.54) is 18.4 Å². The number of rotatable bonds is 3. The Hall–Kier alpha value is -0.870. The maximum absolute atomic E-state index is 5.57. The van der Waals surface area contributed by atoms with Crippen LogP contribution in [0.5, 0.6) is 0 Å². The van der Waals surface area contributed by atoms with Gasteiger partial charge in [-0.15, -0.1) is 0 Å². The van der Waals surface area contributed by atoms with E-state index in [9.17, 15) is 0 Å². The van der Waals surface area contributed by atoms with E-state index >= 15 is 0 Å². The summed E-state index contributed by atoms with van der Waals surface area (Å²) in [5.74, 6) is 0.571. The molecule has 0 radical (unpaired) electrons. The van der Waals surface area contributed by atoms with Crippen LogP contribution in [0.1, 0.15) is 30.1 Å². The summed E-state index contributed by atoms with van der Waals surface area (Å²) in [6, 6.07) is 0.369. The second-order valence-corrected chi connectivity index (χ2v) is 4.59. The molecule has 1 aliphatic heterocycles. The van der Waals surface area contributed by atoms with Crippen LogP contribution in [-0.2, 0) is 11.8 Å². The number of aryl methyl sites for hydroxylation is 2. The maximum atomic E-state index is 5.57. The molecule has 16 heavy (non-hydrogen) atoms. The van der Waals surface area contributed by atoms with Gasteiger partial charge >= 0.3 is 0 Å². The molecular weight excluding hydrogens is 202 g/mol. The molecule has 0 aliphatic carbocycles. The third kappa shape index (κ3) is 2.28. The Morgan fingerprint density at radius 3 is 2.94 bits per heavy atom. The standard InChI is InChI=1S/C12H21N3O/c1-9-11(7-15(3)14-9)12(13-2)10-5-4-6-16-8-10/h7,10,12-13H,4-6,8H2,1-3H3. The van der Waals surface area contributed by atoms with Crippen LogP contribution >= 0.6 is 0 Å². The molecule has 1 N–H and O–H groups in total. The van der Waals surface area contributed by atoms with E-state index in [0.717, 1.165) is 18.9 Å². The van der Waals surface area contributed by atoms with E-state index in [-0.39, 0.29) is 0 Å². The summed E-state index contributed by atoms with van der Waals surface area (Å²) in [6.07, 6.45) is 4.52. The number of nitrogens with one attached hydrogen (secondary N) is 1. The molecule has 0 bridgehead atoms. The van der Waals surface area contributed by atoms with Crippen LogP contribution in [0.15, 0.2) is 6.20 Å². The number of hydrogen-bond acceptors (Lipinski definition) is 3. The lowest BCUT2D eigenvalue weighted by molar-refractivity contribution is 0.0401. The molecule has 90 valence electrons. The molecule has 0 amide bonds. The highest BCUT2D eigenvalue weighted by Gasteiger charge is 2.26. The second kappa shape index (κ2) is 4.97. The average Bonchev–Trinajstić information content (AvgIpc) is 2.61. The minimum absolute atomic E-state index is 0.369. The van der Waals surface area contributed by atoms with Gasteiger partial charge in [0.2, 0.25) is 0 Å². The average molecular weight is 223 g/mol. The molecule has 1 fully saturated rings. The quantitative estimate of drug-likeness (QED) is 0.842. The summed E-state index contributed by atoms with van der Waals surface area (Å²) in [5, 5.41) is 7.82. The summed E-state index contributed by atoms with van der Waals surface area (Å²) in [4.78, 5) is 0. The highest BCUT2D eigenvalue weighted by Crippen LogP contribution is 2.29. The molecule has 0 aromatic carbocycles. The van der Waals surface area contributed by atoms with Crippen molar-refractivity contribution in [1.29, 1.82) is 0 Å². The summed E-state index contributed by atoms with van der Waals surface area (Å²) in [7, 11) is 3.99. The molecule has 1 aromatic heterocycles. The van der Waals surface area contributed by atoms with Gasteiger partial charge in [0.25, 0.3) is 0 Å². The zero-order chi connectivity index (χ0) is 11.5. The van der Waals surface area contributed by atoms with Gasteiger partial charge in [-0.3, -0.25) is 4.68 Å². The minimum atomic E-state index is 0.369. The van der Waals surface area contributed by atoms with Crippen LogP contribution in [-0.4, -0.2) is 30.0 Å². The van der Waals surface area contributed by atoms with Crippen LogP contribution in [0.4, 0.5) is 0 Å². The van der Waals surface area contributed by atoms with Gasteiger partial charge in [-0.25, -0.2) is 0 Å². The normalized spacial score (nSPS) is 23.3. The first kappa shape index (κ1) is 11.6. The maximum Gasteiger partial charge on any atom is 0.0641 e. The smallest absolute Gasteiger partial charge is 0.0641 e. The molecule has 1 aliphatic rings. The first-order chi connectivity index (χ1) is 7.72. The molecule has 2 rings (SSSR count). The van der Waals surface area contributed by atoms with Crippen LogP contribution < -0.4 is 5.32 Å². The highest BCUT2D eigenvalue weighted by molar-refractivity contribution is 5.21. The van der Waals surface area contributed by atoms with Crippen molar-refractivity contribution in [3.05, 3.63) is 17.5 Å². The number of ether oxygens (including phenoxy) is 1. The molecule has 1 saturated heterocycles. The van der Waals surface area contributed by atoms with Crippen LogP contribution in [0.25, 0.3) is 0 Å². The van der Waals surface area contributed by atoms with E-state index in [1.807, 2.05) is 18.8 Å². The zero-order valence-electron chi connectivity index (χ0n) is 10.4. The highest BCUT2D eigenvalue weighted by atomic mass is 16.5. The molecule has 2 heterocycles. The van der Waals surface area contributed by atoms with Gasteiger partial charge in [0.15, 0.2) is 0 Å². The molecule has 0 spiro atoms. The van der Waals surface area contributed by atoms with E-state index in [4.69, 9.17) is 4.74 Å². The molecule has 2 unspecified atom stereocenters. The summed E-state index contributed by atoms with van der Waals surface area (Å²) >= 11 is 0. The van der Waals surface area contributed by atoms with Gasteiger partial charge in [0.1, 0.15) is 0 Å². The first-order valence-electron chi connectivity index (χ1n) is 5.97. The summed E-state index contributed by atoms with van der Waals surface area (Å²) < 4.78 is 7.45. The first-order valence-corrected chi connectivity index (χ1v) is 5.97. The van der Waals surface area contributed by atoms with Crippen molar-refractivity contribution in [1.82, 2.24) is 15.1 Å². The van der Waals surface area contributed by atoms with Gasteiger partial charge in [-0.2, -0.15) is 5.10 Å². The molecule has 4 nitrogen and oxygen atoms in total. The fraction of sp³-hybridized carbons (Fsp3) is 0.750. The van der Waals surface area contributed by atoms with Crippen LogP contribution in [0.3, 0.4) is 0 Å². The van der Waals surface area contributed by atoms with Crippen molar-refractivity contribution in [2.45, 2.75) is 25.8 Å². The van der Waals surface area contributed by atoms with Crippen LogP contribution in [0.2, 0.25) is 0 Å². The molecule has 2 atom stereocenters. The van der Waals surface area contributed by atoms with E-state index < -0.39 is 0 Å². The third-order valence-electron chi connectivity index (χ3n) is 3.36. The molecule has 1 aromatic rings. The van der Waals surface area contributed by atoms with Gasteiger partial charge in [0, 0.05) is 37.4 Å². The number of aromatic nitrogens is 2. The Morgan fingerprint density at radius 2 is 2.44 bits per heavy atom. The van der Waals surface area contributed by atoms with Crippen molar-refractivity contribution in [3.8, 4) is 0 Å². The van der Waals surface area contributed by atoms with Crippen molar-refractivity contribution in [2.75, 3.05) is 20.3 Å². The topological polar surface area (TPSA) is 39.1 Å². The summed E-state index contributed by atoms with van der Waals surface area (Å²) in [6.45, 7) is 3.85. The molecular formula is C12H21N3O. The zero-order valence-corrected chi connectivity index (χ0v) is 10.4. The Balaban J connectivity index is 2.17. The summed E-state index contributed by atoms with van der Waals surface area (Å²) in [5.41, 5.74) is 2.42. The van der Waals surface area contributed by atoms with Gasteiger partial charge in [0.05, 0.1) is 12.3 Å². The van der Waals surface area contributed by atoms with Crippen molar-refractivity contribution >= 4 is 0 Å². The SMILES string of the molecule is CNC(c1cn(C)nc1C)C1CCCOC1. The lowest BCUT2D eigenvalue weighted by Gasteiger charge is -2.29. The van der Waals surface area contributed by atoms with Gasteiger partial charge in [-0.05, 0) is 26.8 Å². The van der Waals surface area contributed by atoms with Gasteiger partial charge < -0.3 is 10.1 Å². The second-order valence-electron chi connectivity index (χ2n) is 4.59. The Bertz CT molecular complexity index is 342. The molecule has 4 heteroatoms. The fourth-order valence-corrected chi connectivity index (χ4v) is 2.60. The lowest BCUT2D eigenvalue weighted by Crippen LogP contribution is -2.31. The van der Waals surface area contributed by atoms with E-state index in [2.05, 4.69) is 23.5 Å². The lowest BCUT2D eigenvalue weighted by atomic mass is 9.89. The van der Waals surface area contributed by atoms with Gasteiger partial charge in [-0.1, -0.05) is 0 Å². The largest absolute Gasteiger partial charge is 0.381 e. The third-order valence-corrected chi connectivity index (χ3v) is 3.36. The van der Waals surface area contributed by atoms with Crippen molar-refractivity contribution in [3.63, 3.8) is 0 Å². The number of nitrogens with zero attached hydrogens (tertiary/aromatic N) is 2. The Kier molecular flexibility index (Phi) is 3.61. The van der Waals surface area contributed by atoms with Crippen LogP contribution in [0, 0.1) is 12.8 Å². The predicted molar refractivity (Wildman–Crippen MR) is 63.3 cm³/mol. The van der Waals surface area contributed by atoms with Crippen molar-refractivity contribution < 1.29 is 4.74 Å². The predicted octanol–water partition coefficient (Wildman–Crippen LogP) is 1.42. The fourth-order valence-electron chi connectivity index (χ4n) is 2.60. The monoisotopic (exact) mass is 223 g/mol. The number of hydrogen-bond donors (Lipinski definition) is 1. The van der Waals surface area contributed by atoms with E-state index in [1.54, 1.807) is 0 Å². The van der Waals surface area contributed by atoms with Crippen molar-refractivity contribution in [2.24, 2.45) is 13.0 Å². The Labute approximate surface area is 97.0 Å². The molecule has 0 saturated carbocycles. The Morgan fingerprint density at radius 1 is 1.62 bits per heavy atom. The minimum Gasteiger partial charge on any atom is -0.381 e. The van der Waals surface area contributed by atoms with E-state index in [0.29, 0.717) is 12.0 Å².